The van der Waals surface area contributed by atoms with Crippen molar-refractivity contribution in [3.05, 3.63) is 89.4 Å². The van der Waals surface area contributed by atoms with Crippen molar-refractivity contribution in [1.29, 1.82) is 0 Å². The SMILES string of the molecule is O=C(NCc1ccc(S(=O)(=O)c2ccc(C(F)(F)F)cc2C(F)(F)F)cc1)c1cc2cnccc2[nH]1. The minimum atomic E-state index is -5.34. The summed E-state index contributed by atoms with van der Waals surface area (Å²) in [7, 11) is -4.81. The second-order valence-electron chi connectivity index (χ2n) is 7.68. The number of sulfone groups is 1. The Labute approximate surface area is 199 Å². The molecule has 2 aromatic carbocycles. The quantitative estimate of drug-likeness (QED) is 0.342. The number of rotatable bonds is 5. The Kier molecular flexibility index (Phi) is 6.29. The van der Waals surface area contributed by atoms with Gasteiger partial charge < -0.3 is 10.3 Å². The van der Waals surface area contributed by atoms with Crippen LogP contribution in [0.5, 0.6) is 0 Å². The average molecular weight is 527 g/mol. The van der Waals surface area contributed by atoms with E-state index in [0.29, 0.717) is 17.1 Å². The number of carbonyl (C=O) groups is 1. The third-order valence-electron chi connectivity index (χ3n) is 5.25. The zero-order valence-electron chi connectivity index (χ0n) is 17.9. The van der Waals surface area contributed by atoms with E-state index in [-0.39, 0.29) is 24.4 Å². The molecule has 1 amide bonds. The van der Waals surface area contributed by atoms with Crippen LogP contribution >= 0.6 is 0 Å². The van der Waals surface area contributed by atoms with Crippen LogP contribution in [-0.2, 0) is 28.7 Å². The summed E-state index contributed by atoms with van der Waals surface area (Å²) in [5.74, 6) is -0.456. The lowest BCUT2D eigenvalue weighted by Gasteiger charge is -2.16. The van der Waals surface area contributed by atoms with Gasteiger partial charge in [-0.1, -0.05) is 12.1 Å². The molecule has 36 heavy (non-hydrogen) atoms. The summed E-state index contributed by atoms with van der Waals surface area (Å²) < 4.78 is 105. The van der Waals surface area contributed by atoms with Crippen molar-refractivity contribution in [2.24, 2.45) is 0 Å². The molecule has 0 spiro atoms. The summed E-state index contributed by atoms with van der Waals surface area (Å²) in [6.07, 6.45) is -7.30. The Morgan fingerprint density at radius 1 is 0.917 bits per heavy atom. The number of hydrogen-bond donors (Lipinski definition) is 2. The zero-order chi connectivity index (χ0) is 26.3. The standard InChI is InChI=1S/C23H15F6N3O3S/c24-22(25,26)15-3-6-20(17(10-15)23(27,28)29)36(34,35)16-4-1-13(2-5-16)11-31-21(33)19-9-14-12-30-8-7-18(14)32-19/h1-10,12,32H,11H2,(H,31,33). The van der Waals surface area contributed by atoms with E-state index in [0.717, 1.165) is 17.5 Å². The molecule has 2 aromatic heterocycles. The maximum absolute atomic E-state index is 13.4. The molecule has 0 fully saturated rings. The second-order valence-corrected chi connectivity index (χ2v) is 9.60. The van der Waals surface area contributed by atoms with Crippen LogP contribution in [0.3, 0.4) is 0 Å². The lowest BCUT2D eigenvalue weighted by Crippen LogP contribution is -2.23. The molecule has 0 radical (unpaired) electrons. The molecular weight excluding hydrogens is 512 g/mol. The highest BCUT2D eigenvalue weighted by atomic mass is 32.2. The first kappa shape index (κ1) is 25.2. The van der Waals surface area contributed by atoms with Crippen molar-refractivity contribution < 1.29 is 39.6 Å². The maximum Gasteiger partial charge on any atom is 0.417 e. The summed E-state index contributed by atoms with van der Waals surface area (Å²) in [6.45, 7) is -0.0269. The van der Waals surface area contributed by atoms with Gasteiger partial charge in [0.15, 0.2) is 0 Å². The zero-order valence-corrected chi connectivity index (χ0v) is 18.7. The average Bonchev–Trinajstić information content (AvgIpc) is 3.26. The highest BCUT2D eigenvalue weighted by molar-refractivity contribution is 7.91. The Bertz CT molecular complexity index is 1510. The van der Waals surface area contributed by atoms with Gasteiger partial charge in [-0.2, -0.15) is 26.3 Å². The van der Waals surface area contributed by atoms with Gasteiger partial charge in [0.05, 0.1) is 20.9 Å². The van der Waals surface area contributed by atoms with Gasteiger partial charge in [-0.05, 0) is 48.0 Å². The lowest BCUT2D eigenvalue weighted by molar-refractivity contribution is -0.144. The van der Waals surface area contributed by atoms with E-state index in [1.54, 1.807) is 24.5 Å². The van der Waals surface area contributed by atoms with Crippen LogP contribution in [-0.4, -0.2) is 24.3 Å². The number of amides is 1. The molecule has 0 aliphatic carbocycles. The molecule has 13 heteroatoms. The number of halogens is 6. The number of benzene rings is 2. The van der Waals surface area contributed by atoms with Crippen LogP contribution in [0.25, 0.3) is 10.9 Å². The Morgan fingerprint density at radius 3 is 2.22 bits per heavy atom. The predicted molar refractivity (Wildman–Crippen MR) is 116 cm³/mol. The summed E-state index contributed by atoms with van der Waals surface area (Å²) in [4.78, 5) is 17.4. The Balaban J connectivity index is 1.55. The minimum absolute atomic E-state index is 0.0269. The van der Waals surface area contributed by atoms with Gasteiger partial charge in [-0.3, -0.25) is 9.78 Å². The number of carbonyl (C=O) groups excluding carboxylic acids is 1. The fourth-order valence-corrected chi connectivity index (χ4v) is 4.91. The summed E-state index contributed by atoms with van der Waals surface area (Å²) in [6, 6.07) is 8.22. The molecule has 4 rings (SSSR count). The Morgan fingerprint density at radius 2 is 1.61 bits per heavy atom. The van der Waals surface area contributed by atoms with E-state index in [2.05, 4.69) is 15.3 Å². The maximum atomic E-state index is 13.4. The van der Waals surface area contributed by atoms with Crippen LogP contribution in [0.2, 0.25) is 0 Å². The van der Waals surface area contributed by atoms with Crippen LogP contribution in [0.15, 0.2) is 76.8 Å². The summed E-state index contributed by atoms with van der Waals surface area (Å²) in [5, 5.41) is 3.34. The fourth-order valence-electron chi connectivity index (χ4n) is 3.45. The molecule has 0 aliphatic heterocycles. The molecule has 2 heterocycles. The van der Waals surface area contributed by atoms with Gasteiger partial charge in [0, 0.05) is 29.8 Å². The number of H-pyrrole nitrogens is 1. The second kappa shape index (κ2) is 8.97. The highest BCUT2D eigenvalue weighted by Gasteiger charge is 2.41. The van der Waals surface area contributed by atoms with Gasteiger partial charge >= 0.3 is 12.4 Å². The van der Waals surface area contributed by atoms with E-state index < -0.39 is 49.0 Å². The molecule has 0 atom stereocenters. The molecule has 2 N–H and O–H groups in total. The van der Waals surface area contributed by atoms with Gasteiger partial charge in [0.2, 0.25) is 9.84 Å². The molecule has 4 aromatic rings. The number of pyridine rings is 1. The topological polar surface area (TPSA) is 91.9 Å². The van der Waals surface area contributed by atoms with Crippen molar-refractivity contribution in [2.75, 3.05) is 0 Å². The van der Waals surface area contributed by atoms with Crippen molar-refractivity contribution in [3.8, 4) is 0 Å². The molecular formula is C23H15F6N3O3S. The lowest BCUT2D eigenvalue weighted by atomic mass is 10.1. The smallest absolute Gasteiger partial charge is 0.350 e. The predicted octanol–water partition coefficient (Wildman–Crippen LogP) is 5.36. The van der Waals surface area contributed by atoms with Crippen molar-refractivity contribution in [3.63, 3.8) is 0 Å². The van der Waals surface area contributed by atoms with E-state index in [1.165, 1.54) is 12.1 Å². The first-order valence-corrected chi connectivity index (χ1v) is 11.6. The highest BCUT2D eigenvalue weighted by Crippen LogP contribution is 2.40. The molecule has 0 saturated carbocycles. The fraction of sp³-hybridized carbons (Fsp3) is 0.130. The van der Waals surface area contributed by atoms with Gasteiger partial charge in [-0.25, -0.2) is 8.42 Å². The third kappa shape index (κ3) is 5.05. The van der Waals surface area contributed by atoms with Crippen LogP contribution < -0.4 is 5.32 Å². The van der Waals surface area contributed by atoms with Crippen molar-refractivity contribution in [1.82, 2.24) is 15.3 Å². The number of nitrogens with one attached hydrogen (secondary N) is 2. The number of alkyl halides is 6. The van der Waals surface area contributed by atoms with Crippen LogP contribution in [0.4, 0.5) is 26.3 Å². The number of aromatic nitrogens is 2. The molecule has 0 bridgehead atoms. The summed E-state index contributed by atoms with van der Waals surface area (Å²) in [5.41, 5.74) is -2.14. The van der Waals surface area contributed by atoms with Crippen molar-refractivity contribution in [2.45, 2.75) is 28.7 Å². The first-order valence-electron chi connectivity index (χ1n) is 10.1. The van der Waals surface area contributed by atoms with E-state index in [4.69, 9.17) is 0 Å². The van der Waals surface area contributed by atoms with E-state index >= 15 is 0 Å². The van der Waals surface area contributed by atoms with Crippen LogP contribution in [0, 0.1) is 0 Å². The monoisotopic (exact) mass is 527 g/mol. The van der Waals surface area contributed by atoms with Gasteiger partial charge in [0.1, 0.15) is 5.69 Å². The van der Waals surface area contributed by atoms with Gasteiger partial charge in [-0.15, -0.1) is 0 Å². The number of hydrogen-bond acceptors (Lipinski definition) is 4. The number of aromatic amines is 1. The molecule has 188 valence electrons. The molecule has 0 unspecified atom stereocenters. The molecule has 0 saturated heterocycles. The first-order chi connectivity index (χ1) is 16.8. The normalized spacial score (nSPS) is 12.6. The van der Waals surface area contributed by atoms with E-state index in [9.17, 15) is 39.6 Å². The Hall–Kier alpha value is -3.87. The molecule has 6 nitrogen and oxygen atoms in total. The third-order valence-corrected chi connectivity index (χ3v) is 7.08. The largest absolute Gasteiger partial charge is 0.417 e. The number of fused-ring (bicyclic) bond motifs is 1. The van der Waals surface area contributed by atoms with Crippen LogP contribution in [0.1, 0.15) is 27.2 Å². The molecule has 0 aliphatic rings. The summed E-state index contributed by atoms with van der Waals surface area (Å²) >= 11 is 0. The van der Waals surface area contributed by atoms with Crippen molar-refractivity contribution >= 4 is 26.6 Å². The number of nitrogens with zero attached hydrogens (tertiary/aromatic N) is 1. The minimum Gasteiger partial charge on any atom is -0.350 e. The van der Waals surface area contributed by atoms with Gasteiger partial charge in [0.25, 0.3) is 5.91 Å². The van der Waals surface area contributed by atoms with E-state index in [1.807, 2.05) is 0 Å².